The second-order valence-corrected chi connectivity index (χ2v) is 20.7. The van der Waals surface area contributed by atoms with E-state index in [2.05, 4.69) is 247 Å². The summed E-state index contributed by atoms with van der Waals surface area (Å²) in [5, 5.41) is 2.46. The lowest BCUT2D eigenvalue weighted by atomic mass is 9.63. The molecule has 0 aromatic heterocycles. The Morgan fingerprint density at radius 2 is 0.892 bits per heavy atom. The minimum atomic E-state index is -0.555. The summed E-state index contributed by atoms with van der Waals surface area (Å²) in [6, 6.07) is 76.3. The molecule has 0 saturated carbocycles. The lowest BCUT2D eigenvalue weighted by Gasteiger charge is -2.42. The molecule has 9 aromatic rings. The van der Waals surface area contributed by atoms with E-state index in [0.717, 1.165) is 17.8 Å². The average Bonchev–Trinajstić information content (AvgIpc) is 3.75. The van der Waals surface area contributed by atoms with Crippen LogP contribution in [0.15, 0.2) is 200 Å². The maximum Gasteiger partial charge on any atom is 0.0714 e. The van der Waals surface area contributed by atoms with Gasteiger partial charge in [0.2, 0.25) is 0 Å². The number of anilines is 3. The Balaban J connectivity index is 1.21. The molecule has 0 atom stereocenters. The van der Waals surface area contributed by atoms with Gasteiger partial charge in [-0.1, -0.05) is 205 Å². The maximum absolute atomic E-state index is 2.58. The molecule has 0 saturated heterocycles. The number of fused-ring (bicyclic) bond motifs is 8. The largest absolute Gasteiger partial charge is 0.310 e. The molecular formula is C64H55N. The predicted octanol–water partition coefficient (Wildman–Crippen LogP) is 17.0. The van der Waals surface area contributed by atoms with Crippen molar-refractivity contribution in [1.29, 1.82) is 0 Å². The van der Waals surface area contributed by atoms with Crippen molar-refractivity contribution in [1.82, 2.24) is 0 Å². The Hall–Kier alpha value is -6.96. The first-order valence-corrected chi connectivity index (χ1v) is 23.6. The quantitative estimate of drug-likeness (QED) is 0.161. The summed E-state index contributed by atoms with van der Waals surface area (Å²) in [6.07, 6.45) is 2.34. The van der Waals surface area contributed by atoms with Gasteiger partial charge in [0.05, 0.1) is 11.1 Å². The van der Waals surface area contributed by atoms with Crippen LogP contribution >= 0.6 is 0 Å². The molecular weight excluding hydrogens is 783 g/mol. The van der Waals surface area contributed by atoms with E-state index in [9.17, 15) is 0 Å². The molecule has 0 heterocycles. The van der Waals surface area contributed by atoms with Crippen molar-refractivity contribution in [3.8, 4) is 33.4 Å². The number of nitrogens with zero attached hydrogens (tertiary/aromatic N) is 1. The molecule has 0 radical (unpaired) electrons. The van der Waals surface area contributed by atoms with Gasteiger partial charge in [-0.2, -0.15) is 0 Å². The van der Waals surface area contributed by atoms with Gasteiger partial charge in [0.25, 0.3) is 0 Å². The molecule has 3 aliphatic carbocycles. The molecule has 1 heteroatoms. The first kappa shape index (κ1) is 39.6. The minimum Gasteiger partial charge on any atom is -0.310 e. The van der Waals surface area contributed by atoms with Gasteiger partial charge in [0.15, 0.2) is 0 Å². The minimum absolute atomic E-state index is 0.0543. The van der Waals surface area contributed by atoms with E-state index in [1.807, 2.05) is 0 Å². The highest BCUT2D eigenvalue weighted by Gasteiger charge is 2.47. The predicted molar refractivity (Wildman–Crippen MR) is 274 cm³/mol. The van der Waals surface area contributed by atoms with Gasteiger partial charge in [-0.25, -0.2) is 0 Å². The van der Waals surface area contributed by atoms with Crippen molar-refractivity contribution in [3.05, 3.63) is 245 Å². The molecule has 0 spiro atoms. The van der Waals surface area contributed by atoms with E-state index in [4.69, 9.17) is 0 Å². The Morgan fingerprint density at radius 1 is 0.338 bits per heavy atom. The first-order valence-electron chi connectivity index (χ1n) is 23.6. The van der Waals surface area contributed by atoms with Crippen molar-refractivity contribution >= 4 is 27.8 Å². The molecule has 0 fully saturated rings. The third-order valence-electron chi connectivity index (χ3n) is 15.8. The van der Waals surface area contributed by atoms with Crippen LogP contribution < -0.4 is 4.90 Å². The molecule has 0 N–H and O–H groups in total. The van der Waals surface area contributed by atoms with Crippen LogP contribution in [-0.2, 0) is 21.7 Å². The fourth-order valence-corrected chi connectivity index (χ4v) is 12.2. The van der Waals surface area contributed by atoms with Gasteiger partial charge >= 0.3 is 0 Å². The zero-order chi connectivity index (χ0) is 44.3. The van der Waals surface area contributed by atoms with E-state index < -0.39 is 5.41 Å². The normalized spacial score (nSPS) is 16.5. The Bertz CT molecular complexity index is 3310. The average molecular weight is 838 g/mol. The maximum atomic E-state index is 2.58. The fraction of sp³-hybridized carbons (Fsp3) is 0.188. The van der Waals surface area contributed by atoms with Gasteiger partial charge in [-0.05, 0) is 143 Å². The van der Waals surface area contributed by atoms with Crippen molar-refractivity contribution in [3.63, 3.8) is 0 Å². The SMILES string of the molecule is CC1(C)CCC(C)(C)c2cc(-c3cc4c(cc3N(c3ccc5c(c3)C(C)(C)c3ccccc3-5)c3ccc5ccccc5c3)C(c3ccccc3)(c3ccccc3)c3ccccc3-4)ccc21. The molecule has 12 rings (SSSR count). The van der Waals surface area contributed by atoms with Crippen molar-refractivity contribution in [2.45, 2.75) is 76.0 Å². The molecule has 0 bridgehead atoms. The lowest BCUT2D eigenvalue weighted by molar-refractivity contribution is 0.332. The van der Waals surface area contributed by atoms with Crippen LogP contribution in [0.25, 0.3) is 44.2 Å². The molecule has 0 aliphatic heterocycles. The van der Waals surface area contributed by atoms with E-state index in [1.54, 1.807) is 0 Å². The molecule has 1 nitrogen and oxygen atoms in total. The molecule has 0 unspecified atom stereocenters. The number of rotatable bonds is 6. The van der Waals surface area contributed by atoms with Crippen LogP contribution in [0.4, 0.5) is 17.1 Å². The van der Waals surface area contributed by atoms with Crippen LogP contribution in [0.3, 0.4) is 0 Å². The number of hydrogen-bond acceptors (Lipinski definition) is 1. The van der Waals surface area contributed by atoms with Crippen LogP contribution in [0.2, 0.25) is 0 Å². The monoisotopic (exact) mass is 837 g/mol. The second kappa shape index (κ2) is 14.3. The number of benzene rings is 9. The zero-order valence-electron chi connectivity index (χ0n) is 38.4. The summed E-state index contributed by atoms with van der Waals surface area (Å²) < 4.78 is 0. The summed E-state index contributed by atoms with van der Waals surface area (Å²) in [6.45, 7) is 14.5. The van der Waals surface area contributed by atoms with Crippen molar-refractivity contribution in [2.24, 2.45) is 0 Å². The summed E-state index contributed by atoms with van der Waals surface area (Å²) in [5.41, 5.74) is 21.5. The second-order valence-electron chi connectivity index (χ2n) is 20.7. The van der Waals surface area contributed by atoms with Gasteiger partial charge in [0.1, 0.15) is 0 Å². The third-order valence-corrected chi connectivity index (χ3v) is 15.8. The molecule has 316 valence electrons. The van der Waals surface area contributed by atoms with Crippen LogP contribution in [0.1, 0.15) is 98.9 Å². The van der Waals surface area contributed by atoms with Gasteiger partial charge in [-0.3, -0.25) is 0 Å². The van der Waals surface area contributed by atoms with E-state index in [1.165, 1.54) is 101 Å². The Kier molecular flexibility index (Phi) is 8.70. The fourth-order valence-electron chi connectivity index (χ4n) is 12.2. The van der Waals surface area contributed by atoms with Crippen LogP contribution in [0.5, 0.6) is 0 Å². The summed E-state index contributed by atoms with van der Waals surface area (Å²) in [7, 11) is 0. The number of hydrogen-bond donors (Lipinski definition) is 0. The highest BCUT2D eigenvalue weighted by atomic mass is 15.1. The molecule has 65 heavy (non-hydrogen) atoms. The lowest BCUT2D eigenvalue weighted by Crippen LogP contribution is -2.33. The van der Waals surface area contributed by atoms with E-state index >= 15 is 0 Å². The molecule has 3 aliphatic rings. The van der Waals surface area contributed by atoms with Crippen molar-refractivity contribution < 1.29 is 0 Å². The standard InChI is InChI=1S/C64H55N/c1-61(2)35-36-62(3,4)59-38-44(30-34-56(59)61)52-40-53-50-26-16-18-28-55(50)64(45-21-9-7-10-22-45,46-23-11-8-12-24-46)58(53)41-60(52)65(47-31-29-42-19-13-14-20-43(42)37-47)48-32-33-51-49-25-15-17-27-54(49)63(5,6)57(51)39-48/h7-34,37-41H,35-36H2,1-6H3. The summed E-state index contributed by atoms with van der Waals surface area (Å²) >= 11 is 0. The van der Waals surface area contributed by atoms with Gasteiger partial charge in [0, 0.05) is 22.4 Å². The highest BCUT2D eigenvalue weighted by molar-refractivity contribution is 5.99. The Labute approximate surface area is 385 Å². The third kappa shape index (κ3) is 5.84. The van der Waals surface area contributed by atoms with E-state index in [0.29, 0.717) is 0 Å². The molecule has 0 amide bonds. The van der Waals surface area contributed by atoms with Gasteiger partial charge < -0.3 is 4.90 Å². The highest BCUT2D eigenvalue weighted by Crippen LogP contribution is 2.60. The van der Waals surface area contributed by atoms with Crippen LogP contribution in [0, 0.1) is 0 Å². The topological polar surface area (TPSA) is 3.24 Å². The Morgan fingerprint density at radius 3 is 1.60 bits per heavy atom. The zero-order valence-corrected chi connectivity index (χ0v) is 38.4. The smallest absolute Gasteiger partial charge is 0.0714 e. The molecule has 9 aromatic carbocycles. The van der Waals surface area contributed by atoms with Crippen LogP contribution in [-0.4, -0.2) is 0 Å². The van der Waals surface area contributed by atoms with Gasteiger partial charge in [-0.15, -0.1) is 0 Å². The first-order chi connectivity index (χ1) is 31.5. The van der Waals surface area contributed by atoms with E-state index in [-0.39, 0.29) is 16.2 Å². The summed E-state index contributed by atoms with van der Waals surface area (Å²) in [5.74, 6) is 0. The van der Waals surface area contributed by atoms with Crippen molar-refractivity contribution in [2.75, 3.05) is 4.90 Å². The summed E-state index contributed by atoms with van der Waals surface area (Å²) in [4.78, 5) is 2.58.